The molecule has 0 spiro atoms. The van der Waals surface area contributed by atoms with E-state index in [1.54, 1.807) is 31.3 Å². The molecule has 0 saturated heterocycles. The molecule has 3 aromatic carbocycles. The van der Waals surface area contributed by atoms with Crippen molar-refractivity contribution in [2.45, 2.75) is 24.8 Å². The minimum Gasteiger partial charge on any atom is -0.349 e. The minimum atomic E-state index is -3.85. The number of aromatic nitrogens is 4. The van der Waals surface area contributed by atoms with E-state index in [0.29, 0.717) is 23.0 Å². The molecule has 200 valence electrons. The van der Waals surface area contributed by atoms with E-state index in [4.69, 9.17) is 10.1 Å². The molecule has 4 N–H and O–H groups in total. The molecule has 1 atom stereocenters. The van der Waals surface area contributed by atoms with Crippen LogP contribution in [0.15, 0.2) is 83.9 Å². The molecule has 0 aliphatic rings. The van der Waals surface area contributed by atoms with Crippen molar-refractivity contribution in [2.24, 2.45) is 12.2 Å². The van der Waals surface area contributed by atoms with E-state index in [9.17, 15) is 8.42 Å². The summed E-state index contributed by atoms with van der Waals surface area (Å²) in [6, 6.07) is 23.1. The zero-order valence-corrected chi connectivity index (χ0v) is 22.9. The van der Waals surface area contributed by atoms with Crippen LogP contribution in [0.3, 0.4) is 0 Å². The van der Waals surface area contributed by atoms with Gasteiger partial charge in [0.25, 0.3) is 0 Å². The topological polar surface area (TPSA) is 131 Å². The first kappa shape index (κ1) is 26.1. The fourth-order valence-electron chi connectivity index (χ4n) is 4.39. The monoisotopic (exact) mass is 542 g/mol. The number of anilines is 5. The van der Waals surface area contributed by atoms with Gasteiger partial charge in [0.2, 0.25) is 21.9 Å². The Morgan fingerprint density at radius 1 is 1.00 bits per heavy atom. The highest BCUT2D eigenvalue weighted by atomic mass is 32.2. The summed E-state index contributed by atoms with van der Waals surface area (Å²) in [4.78, 5) is 15.7. The molecule has 5 rings (SSSR count). The van der Waals surface area contributed by atoms with E-state index in [1.165, 1.54) is 11.6 Å². The van der Waals surface area contributed by atoms with Gasteiger partial charge in [-0.05, 0) is 61.4 Å². The molecule has 0 fully saturated rings. The van der Waals surface area contributed by atoms with Gasteiger partial charge in [-0.15, -0.1) is 0 Å². The van der Waals surface area contributed by atoms with Gasteiger partial charge in [-0.25, -0.2) is 23.5 Å². The van der Waals surface area contributed by atoms with Gasteiger partial charge in [-0.1, -0.05) is 36.4 Å². The lowest BCUT2D eigenvalue weighted by molar-refractivity contribution is 0.597. The number of nitrogens with two attached hydrogens (primary N) is 1. The molecule has 0 amide bonds. The molecule has 5 aromatic rings. The average Bonchev–Trinajstić information content (AvgIpc) is 3.23. The zero-order chi connectivity index (χ0) is 27.7. The largest absolute Gasteiger partial charge is 0.349 e. The Morgan fingerprint density at radius 2 is 1.77 bits per heavy atom. The van der Waals surface area contributed by atoms with Gasteiger partial charge in [0.05, 0.1) is 22.0 Å². The number of hydrogen-bond acceptors (Lipinski definition) is 8. The molecule has 0 bridgehead atoms. The predicted molar refractivity (Wildman–Crippen MR) is 155 cm³/mol. The normalized spacial score (nSPS) is 12.3. The number of aryl methyl sites for hydroxylation is 2. The predicted octanol–water partition coefficient (Wildman–Crippen LogP) is 5.00. The molecule has 1 unspecified atom stereocenters. The third-order valence-corrected chi connectivity index (χ3v) is 7.69. The van der Waals surface area contributed by atoms with E-state index in [-0.39, 0.29) is 10.9 Å². The molecule has 0 aliphatic carbocycles. The van der Waals surface area contributed by atoms with Crippen LogP contribution < -0.4 is 20.7 Å². The van der Waals surface area contributed by atoms with Crippen molar-refractivity contribution < 1.29 is 8.42 Å². The van der Waals surface area contributed by atoms with Crippen LogP contribution in [0.5, 0.6) is 0 Å². The van der Waals surface area contributed by atoms with Crippen LogP contribution in [0.2, 0.25) is 0 Å². The molecule has 39 heavy (non-hydrogen) atoms. The van der Waals surface area contributed by atoms with Crippen LogP contribution in [0.4, 0.5) is 29.1 Å². The van der Waals surface area contributed by atoms with Crippen LogP contribution >= 0.6 is 0 Å². The average molecular weight is 543 g/mol. The fraction of sp³-hybridized carbons (Fsp3) is 0.179. The van der Waals surface area contributed by atoms with Gasteiger partial charge in [0.1, 0.15) is 5.82 Å². The van der Waals surface area contributed by atoms with Crippen LogP contribution in [0.25, 0.3) is 11.0 Å². The molecule has 0 saturated carbocycles. The van der Waals surface area contributed by atoms with E-state index in [1.807, 2.05) is 60.0 Å². The van der Waals surface area contributed by atoms with Gasteiger partial charge in [0, 0.05) is 31.7 Å². The molecule has 10 nitrogen and oxygen atoms in total. The summed E-state index contributed by atoms with van der Waals surface area (Å²) in [5.41, 5.74) is 5.03. The summed E-state index contributed by atoms with van der Waals surface area (Å²) in [7, 11) is 0.0605. The van der Waals surface area contributed by atoms with Crippen molar-refractivity contribution in [2.75, 3.05) is 22.6 Å². The number of nitrogens with zero attached hydrogens (tertiary/aromatic N) is 5. The van der Waals surface area contributed by atoms with Gasteiger partial charge in [-0.2, -0.15) is 4.98 Å². The van der Waals surface area contributed by atoms with Crippen LogP contribution in [-0.4, -0.2) is 35.0 Å². The standard InChI is InChI=1S/C28H30N8O2S/c1-18-10-11-21(16-25(18)39(29,37)38)32-27-30-15-14-26(34-27)35(3)22-12-13-24-23(17-22)33-28(36(24)4)31-19(2)20-8-6-5-7-9-20/h5-17,19H,1-4H3,(H,31,33)(H2,29,37,38)(H,30,32,34). The maximum Gasteiger partial charge on any atom is 0.238 e. The first-order valence-electron chi connectivity index (χ1n) is 12.4. The Morgan fingerprint density at radius 3 is 2.51 bits per heavy atom. The van der Waals surface area contributed by atoms with Gasteiger partial charge >= 0.3 is 0 Å². The number of rotatable bonds is 8. The molecule has 11 heteroatoms. The lowest BCUT2D eigenvalue weighted by atomic mass is 10.1. The number of imidazole rings is 1. The Hall–Kier alpha value is -4.48. The minimum absolute atomic E-state index is 0.0523. The Balaban J connectivity index is 1.38. The van der Waals surface area contributed by atoms with Crippen molar-refractivity contribution >= 4 is 50.1 Å². The Bertz CT molecular complexity index is 1750. The first-order chi connectivity index (χ1) is 18.6. The number of fused-ring (bicyclic) bond motifs is 1. The zero-order valence-electron chi connectivity index (χ0n) is 22.1. The summed E-state index contributed by atoms with van der Waals surface area (Å²) in [5.74, 6) is 1.76. The number of benzene rings is 3. The summed E-state index contributed by atoms with van der Waals surface area (Å²) >= 11 is 0. The second-order valence-electron chi connectivity index (χ2n) is 9.39. The Labute approximate surface area is 227 Å². The Kier molecular flexibility index (Phi) is 6.94. The molecule has 0 aliphatic heterocycles. The first-order valence-corrected chi connectivity index (χ1v) is 13.9. The van der Waals surface area contributed by atoms with Gasteiger partial charge in [0.15, 0.2) is 0 Å². The third-order valence-electron chi connectivity index (χ3n) is 6.63. The summed E-state index contributed by atoms with van der Waals surface area (Å²) in [5, 5.41) is 11.9. The highest BCUT2D eigenvalue weighted by Gasteiger charge is 2.15. The fourth-order valence-corrected chi connectivity index (χ4v) is 5.19. The number of nitrogens with one attached hydrogen (secondary N) is 2. The van der Waals surface area contributed by atoms with E-state index in [0.717, 1.165) is 22.7 Å². The molecule has 0 radical (unpaired) electrons. The van der Waals surface area contributed by atoms with Crippen molar-refractivity contribution in [1.29, 1.82) is 0 Å². The van der Waals surface area contributed by atoms with Gasteiger partial charge < -0.3 is 20.1 Å². The maximum atomic E-state index is 11.9. The summed E-state index contributed by atoms with van der Waals surface area (Å²) < 4.78 is 25.8. The lowest BCUT2D eigenvalue weighted by Gasteiger charge is -2.19. The van der Waals surface area contributed by atoms with Crippen LogP contribution in [-0.2, 0) is 17.1 Å². The smallest absolute Gasteiger partial charge is 0.238 e. The second-order valence-corrected chi connectivity index (χ2v) is 10.9. The molecule has 2 heterocycles. The van der Waals surface area contributed by atoms with Crippen molar-refractivity contribution in [3.8, 4) is 0 Å². The van der Waals surface area contributed by atoms with Crippen molar-refractivity contribution in [1.82, 2.24) is 19.5 Å². The van der Waals surface area contributed by atoms with Crippen LogP contribution in [0, 0.1) is 6.92 Å². The summed E-state index contributed by atoms with van der Waals surface area (Å²) in [6.45, 7) is 3.80. The molecular weight excluding hydrogens is 512 g/mol. The van der Waals surface area contributed by atoms with Crippen molar-refractivity contribution in [3.63, 3.8) is 0 Å². The lowest BCUT2D eigenvalue weighted by Crippen LogP contribution is -2.14. The molecular formula is C28H30N8O2S. The van der Waals surface area contributed by atoms with Gasteiger partial charge in [-0.3, -0.25) is 0 Å². The van der Waals surface area contributed by atoms with E-state index < -0.39 is 10.0 Å². The number of sulfonamides is 1. The third kappa shape index (κ3) is 5.54. The number of hydrogen-bond donors (Lipinski definition) is 3. The SMILES string of the molecule is Cc1ccc(Nc2nccc(N(C)c3ccc4c(c3)nc(NC(C)c3ccccc3)n4C)n2)cc1S(N)(=O)=O. The maximum absolute atomic E-state index is 11.9. The highest BCUT2D eigenvalue weighted by Crippen LogP contribution is 2.29. The van der Waals surface area contributed by atoms with Crippen molar-refractivity contribution in [3.05, 3.63) is 90.1 Å². The number of primary sulfonamides is 1. The molecule has 2 aromatic heterocycles. The summed E-state index contributed by atoms with van der Waals surface area (Å²) in [6.07, 6.45) is 1.64. The quantitative estimate of drug-likeness (QED) is 0.250. The van der Waals surface area contributed by atoms with E-state index in [2.05, 4.69) is 39.7 Å². The van der Waals surface area contributed by atoms with Crippen LogP contribution in [0.1, 0.15) is 24.1 Å². The highest BCUT2D eigenvalue weighted by molar-refractivity contribution is 7.89. The van der Waals surface area contributed by atoms with E-state index >= 15 is 0 Å². The second kappa shape index (κ2) is 10.4.